The van der Waals surface area contributed by atoms with Crippen LogP contribution in [0.5, 0.6) is 0 Å². The van der Waals surface area contributed by atoms with Crippen LogP contribution in [0.25, 0.3) is 0 Å². The lowest BCUT2D eigenvalue weighted by Crippen LogP contribution is -2.43. The predicted octanol–water partition coefficient (Wildman–Crippen LogP) is 0.880. The van der Waals surface area contributed by atoms with E-state index in [2.05, 4.69) is 4.74 Å². The van der Waals surface area contributed by atoms with E-state index in [4.69, 9.17) is 5.73 Å². The number of carbonyl (C=O) groups is 2. The highest BCUT2D eigenvalue weighted by Crippen LogP contribution is 2.08. The molecule has 0 saturated carbocycles. The Morgan fingerprint density at radius 3 is 2.40 bits per heavy atom. The molecule has 0 spiro atoms. The zero-order valence-corrected chi connectivity index (χ0v) is 11.7. The van der Waals surface area contributed by atoms with Gasteiger partial charge in [0.25, 0.3) is 5.91 Å². The predicted molar refractivity (Wildman–Crippen MR) is 73.7 cm³/mol. The molecule has 0 radical (unpaired) electrons. The molecule has 0 aliphatic heterocycles. The Morgan fingerprint density at radius 1 is 1.30 bits per heavy atom. The third-order valence-corrected chi connectivity index (χ3v) is 2.65. The van der Waals surface area contributed by atoms with Gasteiger partial charge in [0, 0.05) is 13.1 Å². The lowest BCUT2D eigenvalue weighted by Gasteiger charge is -2.26. The van der Waals surface area contributed by atoms with Gasteiger partial charge in [0.2, 0.25) is 0 Å². The number of rotatable bonds is 6. The van der Waals surface area contributed by atoms with E-state index in [1.165, 1.54) is 11.8 Å². The van der Waals surface area contributed by atoms with Crippen molar-refractivity contribution in [2.45, 2.75) is 32.6 Å². The minimum absolute atomic E-state index is 0.153. The van der Waals surface area contributed by atoms with Gasteiger partial charge in [-0.05, 0) is 19.4 Å². The summed E-state index contributed by atoms with van der Waals surface area (Å²) < 4.78 is 4.68. The van der Waals surface area contributed by atoms with E-state index in [1.807, 2.05) is 30.3 Å². The summed E-state index contributed by atoms with van der Waals surface area (Å²) in [5, 5.41) is 9.49. The van der Waals surface area contributed by atoms with E-state index in [0.29, 0.717) is 6.54 Å². The molecule has 0 unspecified atom stereocenters. The number of amides is 2. The molecular weight excluding hydrogens is 260 g/mol. The van der Waals surface area contributed by atoms with Gasteiger partial charge >= 0.3 is 6.09 Å². The van der Waals surface area contributed by atoms with E-state index in [-0.39, 0.29) is 6.54 Å². The number of ether oxygens (including phenoxy) is 1. The summed E-state index contributed by atoms with van der Waals surface area (Å²) in [5.74, 6) is -0.395. The molecule has 0 aliphatic rings. The summed E-state index contributed by atoms with van der Waals surface area (Å²) in [4.78, 5) is 24.3. The normalized spacial score (nSPS) is 13.3. The SMILES string of the molecule is C[C@H](OC(N)=O)C(=O)N(Cc1ccccc1)C[C@@H](C)O. The van der Waals surface area contributed by atoms with E-state index >= 15 is 0 Å². The van der Waals surface area contributed by atoms with Crippen LogP contribution in [0.15, 0.2) is 30.3 Å². The average molecular weight is 280 g/mol. The van der Waals surface area contributed by atoms with Crippen molar-refractivity contribution in [3.8, 4) is 0 Å². The first-order valence-electron chi connectivity index (χ1n) is 6.37. The Balaban J connectivity index is 2.78. The van der Waals surface area contributed by atoms with Gasteiger partial charge < -0.3 is 20.5 Å². The number of nitrogens with two attached hydrogens (primary N) is 1. The Bertz CT molecular complexity index is 448. The van der Waals surface area contributed by atoms with Gasteiger partial charge in [-0.2, -0.15) is 0 Å². The van der Waals surface area contributed by atoms with E-state index in [9.17, 15) is 14.7 Å². The second kappa shape index (κ2) is 7.49. The minimum Gasteiger partial charge on any atom is -0.437 e. The first-order valence-corrected chi connectivity index (χ1v) is 6.37. The number of aliphatic hydroxyl groups is 1. The first kappa shape index (κ1) is 16.0. The number of nitrogens with zero attached hydrogens (tertiary/aromatic N) is 1. The molecule has 110 valence electrons. The maximum absolute atomic E-state index is 12.2. The van der Waals surface area contributed by atoms with Crippen LogP contribution < -0.4 is 5.73 Å². The molecular formula is C14H20N2O4. The van der Waals surface area contributed by atoms with Gasteiger partial charge in [0.05, 0.1) is 6.10 Å². The summed E-state index contributed by atoms with van der Waals surface area (Å²) in [6.07, 6.45) is -2.65. The third kappa shape index (κ3) is 5.27. The van der Waals surface area contributed by atoms with E-state index in [0.717, 1.165) is 5.56 Å². The van der Waals surface area contributed by atoms with Crippen LogP contribution in [-0.2, 0) is 16.1 Å². The van der Waals surface area contributed by atoms with Crippen molar-refractivity contribution in [2.24, 2.45) is 5.73 Å². The molecule has 0 heterocycles. The Kier molecular flexibility index (Phi) is 5.99. The van der Waals surface area contributed by atoms with E-state index in [1.54, 1.807) is 6.92 Å². The fourth-order valence-electron chi connectivity index (χ4n) is 1.84. The lowest BCUT2D eigenvalue weighted by atomic mass is 10.2. The van der Waals surface area contributed by atoms with Crippen LogP contribution in [0.3, 0.4) is 0 Å². The highest BCUT2D eigenvalue weighted by molar-refractivity contribution is 5.82. The molecule has 6 nitrogen and oxygen atoms in total. The van der Waals surface area contributed by atoms with Crippen molar-refractivity contribution in [1.29, 1.82) is 0 Å². The van der Waals surface area contributed by atoms with Crippen LogP contribution >= 0.6 is 0 Å². The van der Waals surface area contributed by atoms with Crippen molar-refractivity contribution in [1.82, 2.24) is 4.90 Å². The Hall–Kier alpha value is -2.08. The summed E-state index contributed by atoms with van der Waals surface area (Å²) in [6, 6.07) is 9.36. The van der Waals surface area contributed by atoms with Crippen LogP contribution in [0, 0.1) is 0 Å². The van der Waals surface area contributed by atoms with Gasteiger partial charge in [-0.15, -0.1) is 0 Å². The van der Waals surface area contributed by atoms with Crippen molar-refractivity contribution >= 4 is 12.0 Å². The average Bonchev–Trinajstić information content (AvgIpc) is 2.37. The number of benzene rings is 1. The number of hydrogen-bond donors (Lipinski definition) is 2. The van der Waals surface area contributed by atoms with Crippen molar-refractivity contribution in [2.75, 3.05) is 6.54 Å². The number of hydrogen-bond acceptors (Lipinski definition) is 4. The van der Waals surface area contributed by atoms with Gasteiger partial charge in [-0.3, -0.25) is 4.79 Å². The molecule has 2 amide bonds. The fourth-order valence-corrected chi connectivity index (χ4v) is 1.84. The second-order valence-electron chi connectivity index (χ2n) is 4.63. The minimum atomic E-state index is -0.998. The molecule has 0 aliphatic carbocycles. The van der Waals surface area contributed by atoms with E-state index < -0.39 is 24.2 Å². The molecule has 20 heavy (non-hydrogen) atoms. The van der Waals surface area contributed by atoms with Gasteiger partial charge in [0.1, 0.15) is 0 Å². The van der Waals surface area contributed by atoms with Gasteiger partial charge in [-0.25, -0.2) is 4.79 Å². The molecule has 0 fully saturated rings. The summed E-state index contributed by atoms with van der Waals surface area (Å²) in [7, 11) is 0. The number of primary amides is 1. The maximum atomic E-state index is 12.2. The molecule has 1 aromatic carbocycles. The van der Waals surface area contributed by atoms with Crippen LogP contribution in [0.2, 0.25) is 0 Å². The highest BCUT2D eigenvalue weighted by atomic mass is 16.6. The molecule has 0 saturated heterocycles. The van der Waals surface area contributed by atoms with Gasteiger partial charge in [-0.1, -0.05) is 30.3 Å². The molecule has 3 N–H and O–H groups in total. The van der Waals surface area contributed by atoms with Crippen LogP contribution in [0.1, 0.15) is 19.4 Å². The largest absolute Gasteiger partial charge is 0.437 e. The van der Waals surface area contributed by atoms with Crippen molar-refractivity contribution < 1.29 is 19.4 Å². The molecule has 6 heteroatoms. The standard InChI is InChI=1S/C14H20N2O4/c1-10(17)8-16(9-12-6-4-3-5-7-12)13(18)11(2)20-14(15)19/h3-7,10-11,17H,8-9H2,1-2H3,(H2,15,19)/t10-,11+/m1/s1. The molecule has 1 rings (SSSR count). The maximum Gasteiger partial charge on any atom is 0.405 e. The zero-order chi connectivity index (χ0) is 15.1. The number of aliphatic hydroxyl groups excluding tert-OH is 1. The van der Waals surface area contributed by atoms with Crippen LogP contribution in [0.4, 0.5) is 4.79 Å². The third-order valence-electron chi connectivity index (χ3n) is 2.65. The fraction of sp³-hybridized carbons (Fsp3) is 0.429. The summed E-state index contributed by atoms with van der Waals surface area (Å²) >= 11 is 0. The van der Waals surface area contributed by atoms with Crippen molar-refractivity contribution in [3.63, 3.8) is 0 Å². The van der Waals surface area contributed by atoms with Crippen LogP contribution in [-0.4, -0.2) is 40.8 Å². The summed E-state index contributed by atoms with van der Waals surface area (Å²) in [6.45, 7) is 3.52. The Labute approximate surface area is 118 Å². The molecule has 2 atom stereocenters. The second-order valence-corrected chi connectivity index (χ2v) is 4.63. The number of carbonyl (C=O) groups excluding carboxylic acids is 2. The topological polar surface area (TPSA) is 92.9 Å². The van der Waals surface area contributed by atoms with Gasteiger partial charge in [0.15, 0.2) is 6.10 Å². The lowest BCUT2D eigenvalue weighted by molar-refractivity contribution is -0.141. The zero-order valence-electron chi connectivity index (χ0n) is 11.7. The highest BCUT2D eigenvalue weighted by Gasteiger charge is 2.24. The molecule has 1 aromatic rings. The molecule has 0 aromatic heterocycles. The smallest absolute Gasteiger partial charge is 0.405 e. The van der Waals surface area contributed by atoms with Crippen molar-refractivity contribution in [3.05, 3.63) is 35.9 Å². The monoisotopic (exact) mass is 280 g/mol. The quantitative estimate of drug-likeness (QED) is 0.809. The molecule has 0 bridgehead atoms. The first-order chi connectivity index (χ1) is 9.40. The summed E-state index contributed by atoms with van der Waals surface area (Å²) in [5.41, 5.74) is 5.83. The Morgan fingerprint density at radius 2 is 1.90 bits per heavy atom.